The van der Waals surface area contributed by atoms with E-state index in [0.29, 0.717) is 22.4 Å². The number of aromatic hydroxyl groups is 2. The lowest BCUT2D eigenvalue weighted by molar-refractivity contribution is 0.317. The smallest absolute Gasteiger partial charge is 0.194 e. The number of phenols is 1. The number of ether oxygens (including phenoxy) is 1. The predicted octanol–water partition coefficient (Wildman–Crippen LogP) is 4.17. The molecule has 0 saturated carbocycles. The van der Waals surface area contributed by atoms with Crippen LogP contribution >= 0.6 is 31.9 Å². The fourth-order valence-electron chi connectivity index (χ4n) is 1.61. The molecule has 2 rings (SSSR count). The number of hydrogen-bond donors (Lipinski definition) is 2. The van der Waals surface area contributed by atoms with E-state index in [4.69, 9.17) is 4.74 Å². The number of rotatable bonds is 4. The monoisotopic (exact) mass is 414 g/mol. The highest BCUT2D eigenvalue weighted by atomic mass is 79.9. The average Bonchev–Trinajstić information content (AvgIpc) is 2.46. The second-order valence-corrected chi connectivity index (χ2v) is 5.62. The van der Waals surface area contributed by atoms with E-state index in [1.54, 1.807) is 12.1 Å². The molecule has 0 radical (unpaired) electrons. The number of phenolic OH excluding ortho intramolecular Hbond substituents is 1. The zero-order valence-electron chi connectivity index (χ0n) is 11.0. The number of aromatic nitrogens is 1. The third-order valence-electron chi connectivity index (χ3n) is 2.57. The number of benzene rings is 1. The van der Waals surface area contributed by atoms with Gasteiger partial charge in [-0.1, -0.05) is 0 Å². The van der Waals surface area contributed by atoms with Crippen LogP contribution in [0.5, 0.6) is 17.2 Å². The van der Waals surface area contributed by atoms with Gasteiger partial charge in [0.1, 0.15) is 0 Å². The molecule has 0 aliphatic rings. The van der Waals surface area contributed by atoms with Gasteiger partial charge in [0.05, 0.1) is 12.2 Å². The summed E-state index contributed by atoms with van der Waals surface area (Å²) in [5.41, 5.74) is 0.429. The SMILES string of the molecule is CCOc1cc(Br)c(Br)c(C=Nc2ncccc2O)c1O. The molecule has 0 atom stereocenters. The molecule has 21 heavy (non-hydrogen) atoms. The minimum atomic E-state index is -0.0376. The van der Waals surface area contributed by atoms with Crippen LogP contribution in [0, 0.1) is 0 Å². The maximum absolute atomic E-state index is 10.2. The molecule has 0 saturated heterocycles. The average molecular weight is 416 g/mol. The Morgan fingerprint density at radius 2 is 2.14 bits per heavy atom. The van der Waals surface area contributed by atoms with Gasteiger partial charge in [0.2, 0.25) is 0 Å². The molecule has 1 aromatic carbocycles. The van der Waals surface area contributed by atoms with Gasteiger partial charge in [0.15, 0.2) is 23.1 Å². The molecule has 2 N–H and O–H groups in total. The topological polar surface area (TPSA) is 74.9 Å². The molecule has 110 valence electrons. The molecule has 1 heterocycles. The van der Waals surface area contributed by atoms with Crippen LogP contribution in [0.3, 0.4) is 0 Å². The fourth-order valence-corrected chi connectivity index (χ4v) is 2.44. The van der Waals surface area contributed by atoms with Crippen molar-refractivity contribution in [2.45, 2.75) is 6.92 Å². The highest BCUT2D eigenvalue weighted by molar-refractivity contribution is 9.13. The summed E-state index contributed by atoms with van der Waals surface area (Å²) in [6.07, 6.45) is 2.93. The second kappa shape index (κ2) is 6.91. The number of aliphatic imine (C=N–C) groups is 1. The summed E-state index contributed by atoms with van der Waals surface area (Å²) >= 11 is 6.75. The fraction of sp³-hybridized carbons (Fsp3) is 0.143. The first-order valence-electron chi connectivity index (χ1n) is 6.06. The van der Waals surface area contributed by atoms with Crippen molar-refractivity contribution >= 4 is 43.9 Å². The largest absolute Gasteiger partial charge is 0.504 e. The van der Waals surface area contributed by atoms with Gasteiger partial charge in [-0.2, -0.15) is 0 Å². The van der Waals surface area contributed by atoms with Crippen LogP contribution in [-0.2, 0) is 0 Å². The third-order valence-corrected chi connectivity index (χ3v) is 4.59. The van der Waals surface area contributed by atoms with E-state index in [1.807, 2.05) is 6.92 Å². The first-order valence-corrected chi connectivity index (χ1v) is 7.65. The van der Waals surface area contributed by atoms with Gasteiger partial charge in [0, 0.05) is 21.4 Å². The molecule has 0 aliphatic heterocycles. The van der Waals surface area contributed by atoms with E-state index >= 15 is 0 Å². The van der Waals surface area contributed by atoms with Crippen LogP contribution < -0.4 is 4.74 Å². The first-order chi connectivity index (χ1) is 10.0. The van der Waals surface area contributed by atoms with Gasteiger partial charge in [0.25, 0.3) is 0 Å². The Labute approximate surface area is 138 Å². The Bertz CT molecular complexity index is 690. The molecule has 0 fully saturated rings. The van der Waals surface area contributed by atoms with Crippen molar-refractivity contribution in [3.05, 3.63) is 38.9 Å². The van der Waals surface area contributed by atoms with Crippen molar-refractivity contribution in [3.8, 4) is 17.2 Å². The van der Waals surface area contributed by atoms with Gasteiger partial charge in [-0.15, -0.1) is 0 Å². The summed E-state index contributed by atoms with van der Waals surface area (Å²) in [5, 5.41) is 19.9. The maximum atomic E-state index is 10.2. The zero-order chi connectivity index (χ0) is 15.4. The lowest BCUT2D eigenvalue weighted by atomic mass is 10.2. The first kappa shape index (κ1) is 15.8. The van der Waals surface area contributed by atoms with Crippen LogP contribution in [0.4, 0.5) is 5.82 Å². The zero-order valence-corrected chi connectivity index (χ0v) is 14.2. The van der Waals surface area contributed by atoms with Gasteiger partial charge >= 0.3 is 0 Å². The van der Waals surface area contributed by atoms with Gasteiger partial charge < -0.3 is 14.9 Å². The highest BCUT2D eigenvalue weighted by Gasteiger charge is 2.14. The maximum Gasteiger partial charge on any atom is 0.194 e. The molecule has 7 heteroatoms. The molecule has 0 unspecified atom stereocenters. The number of pyridine rings is 1. The molecular weight excluding hydrogens is 404 g/mol. The molecule has 0 aliphatic carbocycles. The number of hydrogen-bond acceptors (Lipinski definition) is 5. The number of nitrogens with zero attached hydrogens (tertiary/aromatic N) is 2. The summed E-state index contributed by atoms with van der Waals surface area (Å²) in [5.74, 6) is 0.441. The Hall–Kier alpha value is -1.60. The van der Waals surface area contributed by atoms with Crippen LogP contribution in [0.2, 0.25) is 0 Å². The van der Waals surface area contributed by atoms with Crippen molar-refractivity contribution < 1.29 is 14.9 Å². The Morgan fingerprint density at radius 1 is 1.38 bits per heavy atom. The predicted molar refractivity (Wildman–Crippen MR) is 87.8 cm³/mol. The van der Waals surface area contributed by atoms with Crippen LogP contribution in [0.1, 0.15) is 12.5 Å². The molecule has 5 nitrogen and oxygen atoms in total. The molecule has 2 aromatic rings. The minimum absolute atomic E-state index is 0.0360. The van der Waals surface area contributed by atoms with Crippen molar-refractivity contribution in [3.63, 3.8) is 0 Å². The summed E-state index contributed by atoms with van der Waals surface area (Å²) < 4.78 is 6.71. The van der Waals surface area contributed by atoms with Crippen molar-refractivity contribution in [1.29, 1.82) is 0 Å². The molecule has 1 aromatic heterocycles. The summed E-state index contributed by atoms with van der Waals surface area (Å²) in [6.45, 7) is 2.26. The van der Waals surface area contributed by atoms with Gasteiger partial charge in [-0.3, -0.25) is 0 Å². The summed E-state index contributed by atoms with van der Waals surface area (Å²) in [7, 11) is 0. The Balaban J connectivity index is 2.46. The van der Waals surface area contributed by atoms with Crippen LogP contribution in [0.25, 0.3) is 0 Å². The lowest BCUT2D eigenvalue weighted by Gasteiger charge is -2.11. The van der Waals surface area contributed by atoms with E-state index in [-0.39, 0.29) is 17.3 Å². The Morgan fingerprint density at radius 3 is 2.81 bits per heavy atom. The van der Waals surface area contributed by atoms with Gasteiger partial charge in [-0.25, -0.2) is 9.98 Å². The molecule has 0 amide bonds. The normalized spacial score (nSPS) is 11.0. The van der Waals surface area contributed by atoms with Crippen molar-refractivity contribution in [2.75, 3.05) is 6.61 Å². The Kier molecular flexibility index (Phi) is 5.19. The summed E-state index contributed by atoms with van der Waals surface area (Å²) in [6, 6.07) is 4.76. The van der Waals surface area contributed by atoms with E-state index in [9.17, 15) is 10.2 Å². The summed E-state index contributed by atoms with van der Waals surface area (Å²) in [4.78, 5) is 8.03. The van der Waals surface area contributed by atoms with E-state index < -0.39 is 0 Å². The number of halogens is 2. The molecule has 0 spiro atoms. The minimum Gasteiger partial charge on any atom is -0.504 e. The highest BCUT2D eigenvalue weighted by Crippen LogP contribution is 2.40. The van der Waals surface area contributed by atoms with Crippen LogP contribution in [-0.4, -0.2) is 28.0 Å². The molecular formula is C14H12Br2N2O3. The standard InChI is InChI=1S/C14H12Br2N2O3/c1-2-21-11-6-9(15)12(16)8(13(11)20)7-18-14-10(19)4-3-5-17-14/h3-7,19-20H,2H2,1H3. The van der Waals surface area contributed by atoms with Crippen molar-refractivity contribution in [1.82, 2.24) is 4.98 Å². The van der Waals surface area contributed by atoms with Crippen LogP contribution in [0.15, 0.2) is 38.3 Å². The lowest BCUT2D eigenvalue weighted by Crippen LogP contribution is -1.96. The van der Waals surface area contributed by atoms with E-state index in [0.717, 1.165) is 4.47 Å². The second-order valence-electron chi connectivity index (χ2n) is 3.97. The van der Waals surface area contributed by atoms with Gasteiger partial charge in [-0.05, 0) is 57.0 Å². The third kappa shape index (κ3) is 3.54. The molecule has 0 bridgehead atoms. The van der Waals surface area contributed by atoms with E-state index in [2.05, 4.69) is 41.8 Å². The van der Waals surface area contributed by atoms with E-state index in [1.165, 1.54) is 18.5 Å². The van der Waals surface area contributed by atoms with Crippen molar-refractivity contribution in [2.24, 2.45) is 4.99 Å². The quantitative estimate of drug-likeness (QED) is 0.735.